The fraction of sp³-hybridized carbons (Fsp3) is 0. The van der Waals surface area contributed by atoms with E-state index in [4.69, 9.17) is 15.0 Å². The number of benzene rings is 7. The average Bonchev–Trinajstić information content (AvgIpc) is 3.68. The minimum atomic E-state index is 0.660. The van der Waals surface area contributed by atoms with Crippen LogP contribution in [-0.2, 0) is 0 Å². The molecule has 2 heterocycles. The Morgan fingerprint density at radius 3 is 1.68 bits per heavy atom. The van der Waals surface area contributed by atoms with Gasteiger partial charge in [-0.2, -0.15) is 0 Å². The van der Waals surface area contributed by atoms with Gasteiger partial charge in [0.05, 0.1) is 0 Å². The van der Waals surface area contributed by atoms with E-state index in [0.29, 0.717) is 17.5 Å². The summed E-state index contributed by atoms with van der Waals surface area (Å²) >= 11 is 1.83. The first-order valence-corrected chi connectivity index (χ1v) is 16.6. The van der Waals surface area contributed by atoms with E-state index in [2.05, 4.69) is 127 Å². The summed E-state index contributed by atoms with van der Waals surface area (Å²) in [6, 6.07) is 53.6. The zero-order valence-corrected chi connectivity index (χ0v) is 26.0. The van der Waals surface area contributed by atoms with Crippen molar-refractivity contribution in [2.24, 2.45) is 0 Å². The van der Waals surface area contributed by atoms with Crippen molar-refractivity contribution < 1.29 is 0 Å². The first-order chi connectivity index (χ1) is 23.3. The van der Waals surface area contributed by atoms with E-state index >= 15 is 0 Å². The fourth-order valence-electron chi connectivity index (χ4n) is 7.15. The van der Waals surface area contributed by atoms with Gasteiger partial charge >= 0.3 is 0 Å². The second-order valence-corrected chi connectivity index (χ2v) is 13.1. The molecule has 0 aliphatic heterocycles. The van der Waals surface area contributed by atoms with Crippen LogP contribution in [-0.4, -0.2) is 15.0 Å². The molecular formula is C43H25N3S. The molecule has 0 fully saturated rings. The maximum Gasteiger partial charge on any atom is 0.165 e. The second kappa shape index (κ2) is 10.3. The second-order valence-electron chi connectivity index (χ2n) is 12.0. The van der Waals surface area contributed by atoms with Gasteiger partial charge in [0.2, 0.25) is 0 Å². The van der Waals surface area contributed by atoms with Gasteiger partial charge in [0, 0.05) is 42.4 Å². The quantitative estimate of drug-likeness (QED) is 0.198. The van der Waals surface area contributed by atoms with Crippen molar-refractivity contribution >= 4 is 42.3 Å². The number of rotatable bonds is 4. The molecule has 0 N–H and O–H groups in total. The van der Waals surface area contributed by atoms with Crippen LogP contribution in [0.25, 0.3) is 98.5 Å². The molecule has 4 heteroatoms. The van der Waals surface area contributed by atoms with Crippen molar-refractivity contribution in [3.63, 3.8) is 0 Å². The van der Waals surface area contributed by atoms with E-state index in [1.165, 1.54) is 58.8 Å². The summed E-state index contributed by atoms with van der Waals surface area (Å²) in [5.74, 6) is 2.01. The van der Waals surface area contributed by atoms with Gasteiger partial charge in [-0.15, -0.1) is 11.3 Å². The van der Waals surface area contributed by atoms with Gasteiger partial charge < -0.3 is 0 Å². The summed E-state index contributed by atoms with van der Waals surface area (Å²) in [6.45, 7) is 0. The highest BCUT2D eigenvalue weighted by Gasteiger charge is 2.29. The zero-order chi connectivity index (χ0) is 30.9. The Labute approximate surface area is 275 Å². The molecule has 0 atom stereocenters. The van der Waals surface area contributed by atoms with E-state index < -0.39 is 0 Å². The van der Waals surface area contributed by atoms with Gasteiger partial charge in [0.1, 0.15) is 0 Å². The summed E-state index contributed by atoms with van der Waals surface area (Å²) in [5, 5.41) is 4.96. The predicted octanol–water partition coefficient (Wildman–Crippen LogP) is 11.7. The lowest BCUT2D eigenvalue weighted by atomic mass is 9.93. The third kappa shape index (κ3) is 4.09. The van der Waals surface area contributed by atoms with Crippen molar-refractivity contribution in [3.05, 3.63) is 152 Å². The number of hydrogen-bond donors (Lipinski definition) is 0. The normalized spacial score (nSPS) is 11.8. The van der Waals surface area contributed by atoms with Crippen LogP contribution in [0, 0.1) is 0 Å². The molecule has 3 nitrogen and oxygen atoms in total. The lowest BCUT2D eigenvalue weighted by Crippen LogP contribution is -2.01. The number of fused-ring (bicyclic) bond motifs is 6. The van der Waals surface area contributed by atoms with Crippen LogP contribution in [0.2, 0.25) is 0 Å². The highest BCUT2D eigenvalue weighted by atomic mass is 32.1. The largest absolute Gasteiger partial charge is 0.208 e. The molecule has 1 aliphatic carbocycles. The van der Waals surface area contributed by atoms with Gasteiger partial charge in [0.25, 0.3) is 0 Å². The first-order valence-electron chi connectivity index (χ1n) is 15.8. The van der Waals surface area contributed by atoms with Crippen molar-refractivity contribution in [1.82, 2.24) is 15.0 Å². The Morgan fingerprint density at radius 2 is 0.936 bits per heavy atom. The fourth-order valence-corrected chi connectivity index (χ4v) is 8.31. The van der Waals surface area contributed by atoms with Crippen LogP contribution in [0.3, 0.4) is 0 Å². The molecule has 7 aromatic carbocycles. The Morgan fingerprint density at radius 1 is 0.362 bits per heavy atom. The third-order valence-corrected chi connectivity index (χ3v) is 10.4. The number of thiophene rings is 1. The molecule has 0 saturated heterocycles. The molecule has 1 aliphatic rings. The van der Waals surface area contributed by atoms with Crippen molar-refractivity contribution in [2.45, 2.75) is 0 Å². The SMILES string of the molecule is c1ccc(-c2ccc(-c3nc(-c4ccccc4)nc(-c4c5c(cc6sc7ccccc7c46)-c4cccc6cccc-5c46)n3)cc2)cc1. The van der Waals surface area contributed by atoms with Crippen molar-refractivity contribution in [3.8, 4) is 67.5 Å². The van der Waals surface area contributed by atoms with Crippen LogP contribution >= 0.6 is 11.3 Å². The summed E-state index contributed by atoms with van der Waals surface area (Å²) in [6.07, 6.45) is 0. The van der Waals surface area contributed by atoms with Crippen molar-refractivity contribution in [2.75, 3.05) is 0 Å². The number of hydrogen-bond acceptors (Lipinski definition) is 4. The predicted molar refractivity (Wildman–Crippen MR) is 196 cm³/mol. The van der Waals surface area contributed by atoms with Crippen LogP contribution in [0.4, 0.5) is 0 Å². The van der Waals surface area contributed by atoms with E-state index in [-0.39, 0.29) is 0 Å². The molecule has 218 valence electrons. The minimum Gasteiger partial charge on any atom is -0.208 e. The Hall–Kier alpha value is -5.97. The molecule has 0 unspecified atom stereocenters. The van der Waals surface area contributed by atoms with E-state index in [0.717, 1.165) is 22.3 Å². The molecule has 0 spiro atoms. The maximum atomic E-state index is 5.33. The summed E-state index contributed by atoms with van der Waals surface area (Å²) in [4.78, 5) is 15.7. The lowest BCUT2D eigenvalue weighted by Gasteiger charge is -2.14. The average molecular weight is 616 g/mol. The van der Waals surface area contributed by atoms with Gasteiger partial charge in [-0.25, -0.2) is 15.0 Å². The molecule has 47 heavy (non-hydrogen) atoms. The van der Waals surface area contributed by atoms with Crippen molar-refractivity contribution in [1.29, 1.82) is 0 Å². The monoisotopic (exact) mass is 615 g/mol. The molecule has 0 saturated carbocycles. The van der Waals surface area contributed by atoms with Gasteiger partial charge in [-0.1, -0.05) is 140 Å². The topological polar surface area (TPSA) is 38.7 Å². The molecular weight excluding hydrogens is 591 g/mol. The number of nitrogens with zero attached hydrogens (tertiary/aromatic N) is 3. The van der Waals surface area contributed by atoms with E-state index in [9.17, 15) is 0 Å². The first kappa shape index (κ1) is 26.3. The highest BCUT2D eigenvalue weighted by molar-refractivity contribution is 7.26. The third-order valence-electron chi connectivity index (χ3n) is 9.27. The van der Waals surface area contributed by atoms with Gasteiger partial charge in [-0.05, 0) is 50.7 Å². The van der Waals surface area contributed by atoms with Gasteiger partial charge in [0.15, 0.2) is 17.5 Å². The molecule has 0 bridgehead atoms. The van der Waals surface area contributed by atoms with Crippen LogP contribution in [0.5, 0.6) is 0 Å². The minimum absolute atomic E-state index is 0.660. The van der Waals surface area contributed by atoms with Gasteiger partial charge in [-0.3, -0.25) is 0 Å². The molecule has 0 amide bonds. The van der Waals surface area contributed by atoms with Crippen LogP contribution < -0.4 is 0 Å². The molecule has 9 aromatic rings. The maximum absolute atomic E-state index is 5.33. The summed E-state index contributed by atoms with van der Waals surface area (Å²) < 4.78 is 2.49. The Kier molecular flexibility index (Phi) is 5.74. The lowest BCUT2D eigenvalue weighted by molar-refractivity contribution is 1.08. The smallest absolute Gasteiger partial charge is 0.165 e. The van der Waals surface area contributed by atoms with E-state index in [1.54, 1.807) is 0 Å². The standard InChI is InChI=1S/C43H25N3S/c1-3-11-26(12-4-1)27-21-23-30(24-22-27)42-44-41(29-13-5-2-6-14-29)45-43(46-42)40-38-33-19-10-16-28-15-9-18-31(37(28)33)34(38)25-36-39(40)32-17-7-8-20-35(32)47-36/h1-25H. The number of aromatic nitrogens is 3. The Balaban J connectivity index is 1.29. The van der Waals surface area contributed by atoms with E-state index in [1.807, 2.05) is 35.6 Å². The van der Waals surface area contributed by atoms with Crippen LogP contribution in [0.1, 0.15) is 0 Å². The molecule has 10 rings (SSSR count). The Bertz CT molecular complexity index is 2650. The zero-order valence-electron chi connectivity index (χ0n) is 25.2. The molecule has 0 radical (unpaired) electrons. The highest BCUT2D eigenvalue weighted by Crippen LogP contribution is 2.55. The summed E-state index contributed by atoms with van der Waals surface area (Å²) in [7, 11) is 0. The summed E-state index contributed by atoms with van der Waals surface area (Å²) in [5.41, 5.74) is 10.3. The van der Waals surface area contributed by atoms with Crippen LogP contribution in [0.15, 0.2) is 152 Å². The molecule has 2 aromatic heterocycles.